The summed E-state index contributed by atoms with van der Waals surface area (Å²) in [4.78, 5) is 6.78. The summed E-state index contributed by atoms with van der Waals surface area (Å²) in [5.74, 6) is 0. The highest BCUT2D eigenvalue weighted by Gasteiger charge is 2.09. The zero-order valence-electron chi connectivity index (χ0n) is 12.2. The largest absolute Gasteiger partial charge is 0.399 e. The third-order valence-corrected chi connectivity index (χ3v) is 3.68. The Morgan fingerprint density at radius 3 is 2.62 bits per heavy atom. The molecule has 0 amide bonds. The smallest absolute Gasteiger partial charge is 0.0743 e. The summed E-state index contributed by atoms with van der Waals surface area (Å²) in [7, 11) is 0. The molecule has 3 nitrogen and oxygen atoms in total. The third-order valence-electron chi connectivity index (χ3n) is 3.68. The molecule has 3 aromatic rings. The summed E-state index contributed by atoms with van der Waals surface area (Å²) in [5.41, 5.74) is 10.1. The van der Waals surface area contributed by atoms with E-state index in [1.807, 2.05) is 24.4 Å². The molecule has 0 saturated carbocycles. The number of fused-ring (bicyclic) bond motifs is 1. The summed E-state index contributed by atoms with van der Waals surface area (Å²) in [6.45, 7) is 4.01. The fraction of sp³-hybridized carbons (Fsp3) is 0.167. The van der Waals surface area contributed by atoms with Crippen LogP contribution in [0.15, 0.2) is 60.8 Å². The SMILES string of the molecule is CCN(Cc1ccccc1)c1ccnc2cc(N)ccc12. The number of aromatic nitrogens is 1. The van der Waals surface area contributed by atoms with E-state index in [2.05, 4.69) is 53.2 Å². The van der Waals surface area contributed by atoms with Gasteiger partial charge in [0.15, 0.2) is 0 Å². The first kappa shape index (κ1) is 13.4. The van der Waals surface area contributed by atoms with Gasteiger partial charge in [-0.2, -0.15) is 0 Å². The van der Waals surface area contributed by atoms with Crippen LogP contribution in [0.3, 0.4) is 0 Å². The average Bonchev–Trinajstić information content (AvgIpc) is 2.53. The molecule has 3 heteroatoms. The zero-order valence-corrected chi connectivity index (χ0v) is 12.2. The van der Waals surface area contributed by atoms with Crippen molar-refractivity contribution in [2.45, 2.75) is 13.5 Å². The second-order valence-corrected chi connectivity index (χ2v) is 5.11. The molecule has 0 atom stereocenters. The Morgan fingerprint density at radius 1 is 1.05 bits per heavy atom. The highest BCUT2D eigenvalue weighted by molar-refractivity contribution is 5.93. The number of hydrogen-bond acceptors (Lipinski definition) is 3. The Labute approximate surface area is 125 Å². The molecule has 0 saturated heterocycles. The summed E-state index contributed by atoms with van der Waals surface area (Å²) in [6, 6.07) is 18.5. The number of rotatable bonds is 4. The molecule has 0 aliphatic rings. The Hall–Kier alpha value is -2.55. The topological polar surface area (TPSA) is 42.2 Å². The number of nitrogens with zero attached hydrogens (tertiary/aromatic N) is 2. The first-order valence-corrected chi connectivity index (χ1v) is 7.21. The lowest BCUT2D eigenvalue weighted by Gasteiger charge is -2.24. The number of pyridine rings is 1. The lowest BCUT2D eigenvalue weighted by molar-refractivity contribution is 0.835. The van der Waals surface area contributed by atoms with Crippen molar-refractivity contribution < 1.29 is 0 Å². The van der Waals surface area contributed by atoms with Crippen LogP contribution in [0.2, 0.25) is 0 Å². The van der Waals surface area contributed by atoms with Crippen LogP contribution < -0.4 is 10.6 Å². The van der Waals surface area contributed by atoms with Crippen molar-refractivity contribution in [3.8, 4) is 0 Å². The van der Waals surface area contributed by atoms with Gasteiger partial charge < -0.3 is 10.6 Å². The Balaban J connectivity index is 2.01. The second kappa shape index (κ2) is 5.83. The average molecular weight is 277 g/mol. The van der Waals surface area contributed by atoms with Gasteiger partial charge in [0.2, 0.25) is 0 Å². The summed E-state index contributed by atoms with van der Waals surface area (Å²) in [5, 5.41) is 1.14. The molecule has 0 bridgehead atoms. The van der Waals surface area contributed by atoms with Crippen molar-refractivity contribution in [3.63, 3.8) is 0 Å². The van der Waals surface area contributed by atoms with Crippen LogP contribution in [0.1, 0.15) is 12.5 Å². The fourth-order valence-electron chi connectivity index (χ4n) is 2.60. The quantitative estimate of drug-likeness (QED) is 0.737. The van der Waals surface area contributed by atoms with E-state index >= 15 is 0 Å². The van der Waals surface area contributed by atoms with Gasteiger partial charge in [-0.05, 0) is 36.8 Å². The minimum Gasteiger partial charge on any atom is -0.399 e. The van der Waals surface area contributed by atoms with Gasteiger partial charge in [-0.3, -0.25) is 4.98 Å². The van der Waals surface area contributed by atoms with Gasteiger partial charge >= 0.3 is 0 Å². The van der Waals surface area contributed by atoms with E-state index in [1.165, 1.54) is 11.3 Å². The normalized spacial score (nSPS) is 10.7. The molecule has 0 radical (unpaired) electrons. The maximum absolute atomic E-state index is 5.85. The lowest BCUT2D eigenvalue weighted by atomic mass is 10.1. The van der Waals surface area contributed by atoms with Crippen LogP contribution in [0.4, 0.5) is 11.4 Å². The van der Waals surface area contributed by atoms with Crippen LogP contribution in [0.25, 0.3) is 10.9 Å². The van der Waals surface area contributed by atoms with Gasteiger partial charge in [0.25, 0.3) is 0 Å². The van der Waals surface area contributed by atoms with E-state index < -0.39 is 0 Å². The molecular formula is C18H19N3. The molecular weight excluding hydrogens is 258 g/mol. The molecule has 0 fully saturated rings. The van der Waals surface area contributed by atoms with Crippen LogP contribution >= 0.6 is 0 Å². The van der Waals surface area contributed by atoms with Crippen molar-refractivity contribution in [2.75, 3.05) is 17.2 Å². The number of hydrogen-bond donors (Lipinski definition) is 1. The van der Waals surface area contributed by atoms with Gasteiger partial charge in [-0.1, -0.05) is 30.3 Å². The molecule has 0 spiro atoms. The Morgan fingerprint density at radius 2 is 1.86 bits per heavy atom. The molecule has 2 aromatic carbocycles. The van der Waals surface area contributed by atoms with Gasteiger partial charge in [-0.25, -0.2) is 0 Å². The maximum Gasteiger partial charge on any atom is 0.0743 e. The Bertz CT molecular complexity index is 738. The zero-order chi connectivity index (χ0) is 14.7. The Kier molecular flexibility index (Phi) is 3.73. The van der Waals surface area contributed by atoms with E-state index in [0.29, 0.717) is 0 Å². The first-order chi connectivity index (χ1) is 10.3. The van der Waals surface area contributed by atoms with Crippen molar-refractivity contribution in [1.29, 1.82) is 0 Å². The van der Waals surface area contributed by atoms with Crippen LogP contribution in [0, 0.1) is 0 Å². The van der Waals surface area contributed by atoms with Gasteiger partial charge in [-0.15, -0.1) is 0 Å². The van der Waals surface area contributed by atoms with E-state index in [1.54, 1.807) is 0 Å². The predicted molar refractivity (Wildman–Crippen MR) is 89.3 cm³/mol. The minimum atomic E-state index is 0.748. The third kappa shape index (κ3) is 2.82. The van der Waals surface area contributed by atoms with E-state index in [4.69, 9.17) is 5.73 Å². The minimum absolute atomic E-state index is 0.748. The van der Waals surface area contributed by atoms with Crippen LogP contribution in [-0.4, -0.2) is 11.5 Å². The van der Waals surface area contributed by atoms with Gasteiger partial charge in [0, 0.05) is 36.0 Å². The predicted octanol–water partition coefficient (Wildman–Crippen LogP) is 3.84. The van der Waals surface area contributed by atoms with E-state index in [9.17, 15) is 0 Å². The summed E-state index contributed by atoms with van der Waals surface area (Å²) in [6.07, 6.45) is 1.85. The van der Waals surface area contributed by atoms with Crippen molar-refractivity contribution in [1.82, 2.24) is 4.98 Å². The van der Waals surface area contributed by atoms with Gasteiger partial charge in [0.05, 0.1) is 5.52 Å². The van der Waals surface area contributed by atoms with E-state index in [0.717, 1.165) is 29.7 Å². The number of benzene rings is 2. The maximum atomic E-state index is 5.85. The second-order valence-electron chi connectivity index (χ2n) is 5.11. The highest BCUT2D eigenvalue weighted by Crippen LogP contribution is 2.27. The molecule has 2 N–H and O–H groups in total. The molecule has 0 unspecified atom stereocenters. The standard InChI is InChI=1S/C18H19N3/c1-2-21(13-14-6-4-3-5-7-14)18-10-11-20-17-12-15(19)8-9-16(17)18/h3-12H,2,13,19H2,1H3. The lowest BCUT2D eigenvalue weighted by Crippen LogP contribution is -2.22. The molecule has 0 aliphatic carbocycles. The number of nitrogens with two attached hydrogens (primary N) is 1. The van der Waals surface area contributed by atoms with Crippen LogP contribution in [-0.2, 0) is 6.54 Å². The molecule has 1 aromatic heterocycles. The molecule has 106 valence electrons. The summed E-state index contributed by atoms with van der Waals surface area (Å²) >= 11 is 0. The molecule has 3 rings (SSSR count). The van der Waals surface area contributed by atoms with Crippen molar-refractivity contribution in [3.05, 3.63) is 66.4 Å². The van der Waals surface area contributed by atoms with Crippen molar-refractivity contribution in [2.24, 2.45) is 0 Å². The number of nitrogen functional groups attached to an aromatic ring is 1. The fourth-order valence-corrected chi connectivity index (χ4v) is 2.60. The highest BCUT2D eigenvalue weighted by atomic mass is 15.1. The van der Waals surface area contributed by atoms with E-state index in [-0.39, 0.29) is 0 Å². The molecule has 0 aliphatic heterocycles. The van der Waals surface area contributed by atoms with Crippen molar-refractivity contribution >= 4 is 22.3 Å². The molecule has 21 heavy (non-hydrogen) atoms. The first-order valence-electron chi connectivity index (χ1n) is 7.21. The molecule has 1 heterocycles. The number of anilines is 2. The monoisotopic (exact) mass is 277 g/mol. The van der Waals surface area contributed by atoms with Gasteiger partial charge in [0.1, 0.15) is 0 Å². The van der Waals surface area contributed by atoms with Crippen LogP contribution in [0.5, 0.6) is 0 Å². The summed E-state index contributed by atoms with van der Waals surface area (Å²) < 4.78 is 0.